The first-order valence-electron chi connectivity index (χ1n) is 32.3. The molecule has 25 nitrogen and oxygen atoms in total. The summed E-state index contributed by atoms with van der Waals surface area (Å²) in [6, 6.07) is 12.6. The Hall–Kier alpha value is -7.07. The van der Waals surface area contributed by atoms with Gasteiger partial charge in [0.1, 0.15) is 72.0 Å². The van der Waals surface area contributed by atoms with Crippen molar-refractivity contribution in [1.82, 2.24) is 16.0 Å². The Balaban J connectivity index is 0.913. The number of fused-ring (bicyclic) bond motifs is 7. The quantitative estimate of drug-likeness (QED) is 0.0763. The first kappa shape index (κ1) is 69.8. The van der Waals surface area contributed by atoms with Crippen LogP contribution in [-0.2, 0) is 71.8 Å². The molecule has 3 amide bonds. The molecule has 4 saturated carbocycles. The molecule has 10 rings (SSSR count). The monoisotopic (exact) mass is 1310 g/mol. The van der Waals surface area contributed by atoms with Crippen LogP contribution in [0.3, 0.4) is 0 Å². The SMILES string of the molecule is CC1(C)[C@@H](O[C@H]2O[C@H](C(=O)N[C@@H](Cc3ccc(O)cc3)C(=O)O)[C@@H](O)[C@H](O)[C@H]2O[C@@H]2O[C@H](C(=O)N[C@@H](Cc3ccc(O)cc3)C(=O)O)[C@@H](O)[C@H](O)[C@H]2O)CC[C@]2(C)[C@H]3C(=O)C=C4[C@@H]5C[C@@](C)(C(=O)N[C@@H](Cc6ccc(O)cc6)C(=O)O)CC[C@]5(C)CC[C@@]4(C)[C@]3(C)CC[C@@H]12. The number of carboxylic acids is 3. The van der Waals surface area contributed by atoms with E-state index >= 15 is 4.79 Å². The molecule has 94 heavy (non-hydrogen) atoms. The Labute approximate surface area is 543 Å². The van der Waals surface area contributed by atoms with Gasteiger partial charge in [0.05, 0.1) is 6.10 Å². The molecule has 2 saturated heterocycles. The number of allylic oxidation sites excluding steroid dienone is 2. The number of nitrogens with one attached hydrogen (secondary N) is 3. The first-order chi connectivity index (χ1) is 44.0. The van der Waals surface area contributed by atoms with Crippen molar-refractivity contribution >= 4 is 41.4 Å². The van der Waals surface area contributed by atoms with Gasteiger partial charge >= 0.3 is 17.9 Å². The lowest BCUT2D eigenvalue weighted by molar-refractivity contribution is -0.369. The van der Waals surface area contributed by atoms with E-state index in [0.717, 1.165) is 18.4 Å². The zero-order valence-corrected chi connectivity index (χ0v) is 53.7. The number of hydrogen-bond acceptors (Lipinski definition) is 19. The lowest BCUT2D eigenvalue weighted by Crippen LogP contribution is -2.69. The van der Waals surface area contributed by atoms with Crippen molar-refractivity contribution in [3.8, 4) is 17.2 Å². The van der Waals surface area contributed by atoms with Crippen LogP contribution in [0.4, 0.5) is 0 Å². The molecule has 25 heteroatoms. The minimum Gasteiger partial charge on any atom is -0.508 e. The fourth-order valence-corrected chi connectivity index (χ4v) is 17.4. The maximum absolute atomic E-state index is 15.6. The predicted molar refractivity (Wildman–Crippen MR) is 331 cm³/mol. The number of aliphatic hydroxyl groups excluding tert-OH is 5. The molecule has 14 N–H and O–H groups in total. The summed E-state index contributed by atoms with van der Waals surface area (Å²) in [5, 5.41) is 125. The highest BCUT2D eigenvalue weighted by Gasteiger charge is 2.71. The van der Waals surface area contributed by atoms with E-state index in [1.807, 2.05) is 26.8 Å². The molecule has 5 aliphatic carbocycles. The minimum absolute atomic E-state index is 0.00461. The molecule has 3 aromatic rings. The number of carboxylic acid groups (broad SMARTS) is 3. The van der Waals surface area contributed by atoms with Gasteiger partial charge in [-0.1, -0.05) is 90.4 Å². The number of aliphatic hydroxyl groups is 5. The Morgan fingerprint density at radius 3 is 1.49 bits per heavy atom. The summed E-state index contributed by atoms with van der Waals surface area (Å²) in [7, 11) is 0. The molecule has 22 atom stereocenters. The number of aliphatic carboxylic acids is 3. The number of ketones is 1. The molecule has 0 bridgehead atoms. The van der Waals surface area contributed by atoms with Gasteiger partial charge in [-0.2, -0.15) is 0 Å². The number of hydrogen-bond donors (Lipinski definition) is 14. The van der Waals surface area contributed by atoms with Crippen molar-refractivity contribution in [1.29, 1.82) is 0 Å². The summed E-state index contributed by atoms with van der Waals surface area (Å²) in [5.41, 5.74) is -1.53. The minimum atomic E-state index is -2.24. The zero-order chi connectivity index (χ0) is 68.5. The molecular formula is C69H89N3O22. The molecule has 0 aromatic heterocycles. The number of phenolic OH excluding ortho intramolecular Hbond substituents is 3. The van der Waals surface area contributed by atoms with E-state index in [1.54, 1.807) is 12.1 Å². The number of ether oxygens (including phenoxy) is 4. The molecule has 2 heterocycles. The zero-order valence-electron chi connectivity index (χ0n) is 53.7. The van der Waals surface area contributed by atoms with Gasteiger partial charge in [0.2, 0.25) is 5.91 Å². The fraction of sp³-hybridized carbons (Fsp3) is 0.609. The van der Waals surface area contributed by atoms with Crippen LogP contribution in [0.25, 0.3) is 0 Å². The van der Waals surface area contributed by atoms with Gasteiger partial charge < -0.3 is 91.1 Å². The molecule has 0 radical (unpaired) electrons. The number of carbonyl (C=O) groups excluding carboxylic acids is 4. The molecular weight excluding hydrogens is 1220 g/mol. The molecule has 6 fully saturated rings. The largest absolute Gasteiger partial charge is 0.508 e. The number of rotatable bonds is 19. The number of phenols is 3. The van der Waals surface area contributed by atoms with E-state index in [2.05, 4.69) is 43.6 Å². The van der Waals surface area contributed by atoms with E-state index in [9.17, 15) is 84.9 Å². The highest BCUT2D eigenvalue weighted by molar-refractivity contribution is 5.96. The van der Waals surface area contributed by atoms with Crippen LogP contribution in [0, 0.1) is 50.2 Å². The Kier molecular flexibility index (Phi) is 19.4. The average molecular weight is 1310 g/mol. The molecule has 2 aliphatic heterocycles. The van der Waals surface area contributed by atoms with Crippen LogP contribution >= 0.6 is 0 Å². The molecule has 0 unspecified atom stereocenters. The van der Waals surface area contributed by atoms with Gasteiger partial charge in [-0.25, -0.2) is 14.4 Å². The number of carbonyl (C=O) groups is 7. The summed E-state index contributed by atoms with van der Waals surface area (Å²) >= 11 is 0. The average Bonchev–Trinajstić information content (AvgIpc) is 0.673. The first-order valence-corrected chi connectivity index (χ1v) is 32.3. The van der Waals surface area contributed by atoms with Crippen molar-refractivity contribution in [2.45, 2.75) is 211 Å². The summed E-state index contributed by atoms with van der Waals surface area (Å²) in [6.45, 7) is 14.6. The molecule has 0 spiro atoms. The normalized spacial score (nSPS) is 37.7. The summed E-state index contributed by atoms with van der Waals surface area (Å²) in [5.74, 6) is -8.23. The highest BCUT2D eigenvalue weighted by atomic mass is 16.8. The third-order valence-corrected chi connectivity index (χ3v) is 23.2. The third-order valence-electron chi connectivity index (χ3n) is 23.2. The van der Waals surface area contributed by atoms with Gasteiger partial charge in [-0.15, -0.1) is 0 Å². The van der Waals surface area contributed by atoms with Crippen LogP contribution < -0.4 is 16.0 Å². The summed E-state index contributed by atoms with van der Waals surface area (Å²) < 4.78 is 25.2. The Morgan fingerprint density at radius 1 is 0.543 bits per heavy atom. The van der Waals surface area contributed by atoms with Crippen molar-refractivity contribution in [3.05, 3.63) is 101 Å². The van der Waals surface area contributed by atoms with Gasteiger partial charge in [-0.05, 0) is 156 Å². The van der Waals surface area contributed by atoms with E-state index in [4.69, 9.17) is 18.9 Å². The maximum atomic E-state index is 15.6. The second kappa shape index (κ2) is 26.2. The van der Waals surface area contributed by atoms with Crippen molar-refractivity contribution in [3.63, 3.8) is 0 Å². The number of aromatic hydroxyl groups is 3. The predicted octanol–water partition coefficient (Wildman–Crippen LogP) is 3.54. The molecule has 3 aromatic carbocycles. The van der Waals surface area contributed by atoms with Gasteiger partial charge in [0, 0.05) is 30.6 Å². The lowest BCUT2D eigenvalue weighted by Gasteiger charge is -2.70. The van der Waals surface area contributed by atoms with Crippen molar-refractivity contribution < 1.29 is 109 Å². The highest BCUT2D eigenvalue weighted by Crippen LogP contribution is 2.75. The van der Waals surface area contributed by atoms with Crippen LogP contribution in [0.1, 0.15) is 123 Å². The van der Waals surface area contributed by atoms with E-state index in [1.165, 1.54) is 60.7 Å². The number of amides is 3. The van der Waals surface area contributed by atoms with E-state index < -0.39 is 148 Å². The van der Waals surface area contributed by atoms with Crippen molar-refractivity contribution in [2.24, 2.45) is 50.2 Å². The summed E-state index contributed by atoms with van der Waals surface area (Å²) in [6.07, 6.45) is -16.0. The van der Waals surface area contributed by atoms with Crippen LogP contribution in [0.2, 0.25) is 0 Å². The van der Waals surface area contributed by atoms with Gasteiger partial charge in [0.25, 0.3) is 11.8 Å². The number of benzene rings is 3. The van der Waals surface area contributed by atoms with Crippen LogP contribution in [0.5, 0.6) is 17.2 Å². The van der Waals surface area contributed by atoms with Crippen molar-refractivity contribution in [2.75, 3.05) is 0 Å². The molecule has 512 valence electrons. The maximum Gasteiger partial charge on any atom is 0.326 e. The van der Waals surface area contributed by atoms with Crippen LogP contribution in [0.15, 0.2) is 84.4 Å². The third kappa shape index (κ3) is 13.0. The standard InChI is InChI=1S/C69H89N3O22/c1-64(2)45-20-23-69(7)55(44(76)31-39-40-32-66(4,25-24-65(40,3)26-27-68(39,69)6)63(90)72-43(60(88)89)30-35-12-18-38(75)19-13-35)67(45,5)22-21-46(64)91-62-54(50(80)49(79)53(93-62)57(83)71-42(59(86)87)29-34-10-16-37(74)17-11-34)94-61-51(81)47(77)48(78)52(92-61)56(82)70-41(58(84)85)28-33-8-14-36(73)15-9-33/h8-19,31,40-43,45-55,61-62,73-75,77-81H,20-30,32H2,1-7H3,(H,70,82)(H,71,83)(H,72,90)(H,84,85)(H,86,87)(H,88,89)/t40-,41-,42-,43-,45-,46-,47-,48-,49-,50-,51+,52-,53-,54+,55+,61-,62-,65+,66-,67-,68+,69+/m0/s1. The van der Waals surface area contributed by atoms with Gasteiger partial charge in [0.15, 0.2) is 30.6 Å². The lowest BCUT2D eigenvalue weighted by atomic mass is 9.33. The second-order valence-corrected chi connectivity index (χ2v) is 29.4. The second-order valence-electron chi connectivity index (χ2n) is 29.4. The topological polar surface area (TPSA) is 415 Å². The summed E-state index contributed by atoms with van der Waals surface area (Å²) in [4.78, 5) is 95.9. The Bertz CT molecular complexity index is 3400. The molecule has 7 aliphatic rings. The van der Waals surface area contributed by atoms with E-state index in [-0.39, 0.29) is 71.9 Å². The van der Waals surface area contributed by atoms with Crippen LogP contribution in [-0.4, -0.2) is 183 Å². The fourth-order valence-electron chi connectivity index (χ4n) is 17.4. The van der Waals surface area contributed by atoms with E-state index in [0.29, 0.717) is 55.2 Å². The Morgan fingerprint density at radius 2 is 1.00 bits per heavy atom. The smallest absolute Gasteiger partial charge is 0.326 e. The van der Waals surface area contributed by atoms with Gasteiger partial charge in [-0.3, -0.25) is 19.2 Å².